The van der Waals surface area contributed by atoms with Crippen LogP contribution >= 0.6 is 0 Å². The molecule has 6 rings (SSSR count). The van der Waals surface area contributed by atoms with E-state index in [-0.39, 0.29) is 5.72 Å². The number of nitrogens with one attached hydrogen (secondary N) is 1. The summed E-state index contributed by atoms with van der Waals surface area (Å²) in [6.45, 7) is 11.3. The Kier molecular flexibility index (Phi) is 4.44. The Bertz CT molecular complexity index is 739. The van der Waals surface area contributed by atoms with Crippen LogP contribution in [-0.2, 0) is 4.74 Å². The molecule has 6 aliphatic rings. The highest BCUT2D eigenvalue weighted by Crippen LogP contribution is 2.70. The van der Waals surface area contributed by atoms with Gasteiger partial charge in [-0.05, 0) is 98.2 Å². The molecule has 3 nitrogen and oxygen atoms in total. The van der Waals surface area contributed by atoms with Crippen LogP contribution in [0.2, 0.25) is 0 Å². The molecule has 168 valence electrons. The summed E-state index contributed by atoms with van der Waals surface area (Å²) >= 11 is 0. The Balaban J connectivity index is 1.28. The minimum absolute atomic E-state index is 0.0300. The molecule has 3 heteroatoms. The van der Waals surface area contributed by atoms with Gasteiger partial charge in [-0.15, -0.1) is 0 Å². The maximum absolute atomic E-state index is 7.01. The number of fused-ring (bicyclic) bond motifs is 7. The molecule has 3 saturated carbocycles. The Labute approximate surface area is 184 Å². The average molecular weight is 413 g/mol. The van der Waals surface area contributed by atoms with Gasteiger partial charge in [0, 0.05) is 18.5 Å². The van der Waals surface area contributed by atoms with Crippen LogP contribution in [0.4, 0.5) is 0 Å². The van der Waals surface area contributed by atoms with E-state index in [1.807, 2.05) is 0 Å². The van der Waals surface area contributed by atoms with Crippen molar-refractivity contribution in [2.75, 3.05) is 6.54 Å². The smallest absolute Gasteiger partial charge is 0.122 e. The first-order valence-electron chi connectivity index (χ1n) is 13.1. The maximum atomic E-state index is 7.01. The lowest BCUT2D eigenvalue weighted by Gasteiger charge is -2.58. The molecule has 0 aromatic heterocycles. The first-order valence-corrected chi connectivity index (χ1v) is 13.1. The molecular formula is C27H44N2O. The highest BCUT2D eigenvalue weighted by atomic mass is 16.5. The second-order valence-corrected chi connectivity index (χ2v) is 12.9. The van der Waals surface area contributed by atoms with Gasteiger partial charge in [0.15, 0.2) is 0 Å². The number of hydrogen-bond acceptors (Lipinski definition) is 3. The van der Waals surface area contributed by atoms with E-state index in [1.54, 1.807) is 5.57 Å². The molecule has 2 saturated heterocycles. The average Bonchev–Trinajstić information content (AvgIpc) is 3.16. The predicted octanol–water partition coefficient (Wildman–Crippen LogP) is 5.25. The lowest BCUT2D eigenvalue weighted by molar-refractivity contribution is -0.115. The molecule has 0 amide bonds. The molecule has 4 aliphatic carbocycles. The molecular weight excluding hydrogens is 368 g/mol. The van der Waals surface area contributed by atoms with E-state index >= 15 is 0 Å². The van der Waals surface area contributed by atoms with Crippen LogP contribution in [0.25, 0.3) is 0 Å². The van der Waals surface area contributed by atoms with Crippen molar-refractivity contribution in [3.8, 4) is 0 Å². The van der Waals surface area contributed by atoms with Gasteiger partial charge in [0.05, 0.1) is 6.10 Å². The van der Waals surface area contributed by atoms with Crippen molar-refractivity contribution in [2.45, 2.75) is 103 Å². The van der Waals surface area contributed by atoms with Gasteiger partial charge < -0.3 is 10.5 Å². The fraction of sp³-hybridized carbons (Fsp3) is 0.926. The SMILES string of the molecule is CC1CCC2(NC1)OC1CC3C4CC=C5CC(N)CCC5(C)C4CCC3(C)C1C2C. The summed E-state index contributed by atoms with van der Waals surface area (Å²) in [6, 6.07) is 0.400. The number of allylic oxidation sites excluding steroid dienone is 1. The highest BCUT2D eigenvalue weighted by Gasteiger charge is 2.68. The first-order chi connectivity index (χ1) is 14.3. The van der Waals surface area contributed by atoms with E-state index in [2.05, 4.69) is 39.1 Å². The summed E-state index contributed by atoms with van der Waals surface area (Å²) in [5.74, 6) is 4.75. The van der Waals surface area contributed by atoms with Crippen LogP contribution in [0.1, 0.15) is 85.5 Å². The third-order valence-electron chi connectivity index (χ3n) is 11.6. The third kappa shape index (κ3) is 2.55. The van der Waals surface area contributed by atoms with E-state index in [4.69, 9.17) is 10.5 Å². The topological polar surface area (TPSA) is 47.3 Å². The molecule has 0 bridgehead atoms. The summed E-state index contributed by atoms with van der Waals surface area (Å²) < 4.78 is 7.01. The van der Waals surface area contributed by atoms with Gasteiger partial charge in [-0.3, -0.25) is 5.32 Å². The molecule has 11 atom stereocenters. The van der Waals surface area contributed by atoms with Crippen LogP contribution in [0.3, 0.4) is 0 Å². The Morgan fingerprint density at radius 3 is 2.67 bits per heavy atom. The second-order valence-electron chi connectivity index (χ2n) is 12.9. The summed E-state index contributed by atoms with van der Waals surface area (Å²) in [5, 5.41) is 3.90. The van der Waals surface area contributed by atoms with Gasteiger partial charge in [-0.1, -0.05) is 39.3 Å². The van der Waals surface area contributed by atoms with Crippen LogP contribution < -0.4 is 11.1 Å². The van der Waals surface area contributed by atoms with E-state index < -0.39 is 0 Å². The summed E-state index contributed by atoms with van der Waals surface area (Å²) in [5.41, 5.74) is 8.94. The monoisotopic (exact) mass is 412 g/mol. The molecule has 11 unspecified atom stereocenters. The van der Waals surface area contributed by atoms with Crippen LogP contribution in [-0.4, -0.2) is 24.4 Å². The van der Waals surface area contributed by atoms with Gasteiger partial charge in [0.25, 0.3) is 0 Å². The minimum atomic E-state index is -0.0300. The van der Waals surface area contributed by atoms with Crippen LogP contribution in [0.15, 0.2) is 11.6 Å². The zero-order valence-corrected chi connectivity index (χ0v) is 19.8. The van der Waals surface area contributed by atoms with Crippen LogP contribution in [0, 0.1) is 46.3 Å². The molecule has 0 aromatic carbocycles. The second kappa shape index (κ2) is 6.58. The standard InChI is InChI=1S/C27H44N2O/c1-16-7-12-27(29-15-16)17(2)24-23(30-27)14-22-20-6-5-18-13-19(28)8-10-25(18,3)21(20)9-11-26(22,24)4/h5,16-17,19-24,29H,6-15,28H2,1-4H3. The van der Waals surface area contributed by atoms with E-state index in [0.29, 0.717) is 28.9 Å². The quantitative estimate of drug-likeness (QED) is 0.534. The van der Waals surface area contributed by atoms with Crippen molar-refractivity contribution >= 4 is 0 Å². The predicted molar refractivity (Wildman–Crippen MR) is 122 cm³/mol. The van der Waals surface area contributed by atoms with Crippen molar-refractivity contribution in [3.63, 3.8) is 0 Å². The van der Waals surface area contributed by atoms with Gasteiger partial charge >= 0.3 is 0 Å². The highest BCUT2D eigenvalue weighted by molar-refractivity contribution is 5.26. The Morgan fingerprint density at radius 2 is 1.90 bits per heavy atom. The zero-order chi connectivity index (χ0) is 20.9. The molecule has 0 radical (unpaired) electrons. The Hall–Kier alpha value is -0.380. The van der Waals surface area contributed by atoms with Gasteiger partial charge in [-0.25, -0.2) is 0 Å². The fourth-order valence-electron chi connectivity index (χ4n) is 9.89. The number of rotatable bonds is 0. The maximum Gasteiger partial charge on any atom is 0.122 e. The van der Waals surface area contributed by atoms with Crippen molar-refractivity contribution in [1.82, 2.24) is 5.32 Å². The summed E-state index contributed by atoms with van der Waals surface area (Å²) in [7, 11) is 0. The van der Waals surface area contributed by atoms with Gasteiger partial charge in [0.1, 0.15) is 5.72 Å². The molecule has 30 heavy (non-hydrogen) atoms. The van der Waals surface area contributed by atoms with E-state index in [1.165, 1.54) is 51.4 Å². The number of ether oxygens (including phenoxy) is 1. The summed E-state index contributed by atoms with van der Waals surface area (Å²) in [4.78, 5) is 0. The molecule has 5 fully saturated rings. The van der Waals surface area contributed by atoms with Crippen molar-refractivity contribution in [1.29, 1.82) is 0 Å². The Morgan fingerprint density at radius 1 is 1.07 bits per heavy atom. The van der Waals surface area contributed by atoms with Gasteiger partial charge in [0.2, 0.25) is 0 Å². The van der Waals surface area contributed by atoms with Crippen molar-refractivity contribution in [3.05, 3.63) is 11.6 Å². The largest absolute Gasteiger partial charge is 0.357 e. The van der Waals surface area contributed by atoms with Crippen LogP contribution in [0.5, 0.6) is 0 Å². The number of nitrogens with two attached hydrogens (primary N) is 1. The molecule has 3 N–H and O–H groups in total. The normalized spacial score (nSPS) is 59.8. The fourth-order valence-corrected chi connectivity index (χ4v) is 9.89. The number of hydrogen-bond donors (Lipinski definition) is 2. The van der Waals surface area contributed by atoms with E-state index in [9.17, 15) is 0 Å². The lowest BCUT2D eigenvalue weighted by Crippen LogP contribution is -2.57. The zero-order valence-electron chi connectivity index (χ0n) is 19.8. The lowest BCUT2D eigenvalue weighted by atomic mass is 9.46. The number of piperidine rings is 1. The van der Waals surface area contributed by atoms with Gasteiger partial charge in [-0.2, -0.15) is 0 Å². The summed E-state index contributed by atoms with van der Waals surface area (Å²) in [6.07, 6.45) is 14.8. The van der Waals surface area contributed by atoms with Crippen molar-refractivity contribution in [2.24, 2.45) is 52.1 Å². The first kappa shape index (κ1) is 20.2. The van der Waals surface area contributed by atoms with E-state index in [0.717, 1.165) is 42.6 Å². The molecule has 1 spiro atoms. The van der Waals surface area contributed by atoms with Crippen molar-refractivity contribution < 1.29 is 4.74 Å². The molecule has 2 aliphatic heterocycles. The molecule has 0 aromatic rings. The third-order valence-corrected chi connectivity index (χ3v) is 11.6. The molecule has 2 heterocycles. The minimum Gasteiger partial charge on any atom is -0.357 e.